The van der Waals surface area contributed by atoms with E-state index in [4.69, 9.17) is 4.74 Å². The molecule has 0 unspecified atom stereocenters. The zero-order chi connectivity index (χ0) is 19.6. The smallest absolute Gasteiger partial charge is 0.221 e. The first kappa shape index (κ1) is 20.7. The lowest BCUT2D eigenvalue weighted by molar-refractivity contribution is -0.114. The van der Waals surface area contributed by atoms with Gasteiger partial charge in [-0.2, -0.15) is 0 Å². The van der Waals surface area contributed by atoms with E-state index in [0.29, 0.717) is 25.4 Å². The summed E-state index contributed by atoms with van der Waals surface area (Å²) in [6.07, 6.45) is 0. The Morgan fingerprint density at radius 3 is 2.78 bits per heavy atom. The highest BCUT2D eigenvalue weighted by atomic mass is 32.1. The van der Waals surface area contributed by atoms with Crippen molar-refractivity contribution in [3.8, 4) is 5.75 Å². The van der Waals surface area contributed by atoms with Crippen LogP contribution in [0.3, 0.4) is 0 Å². The Balaban J connectivity index is 1.81. The summed E-state index contributed by atoms with van der Waals surface area (Å²) in [4.78, 5) is 21.4. The summed E-state index contributed by atoms with van der Waals surface area (Å²) in [6.45, 7) is 10.0. The van der Waals surface area contributed by atoms with E-state index in [-0.39, 0.29) is 5.91 Å². The number of rotatable bonds is 8. The highest BCUT2D eigenvalue weighted by molar-refractivity contribution is 7.11. The van der Waals surface area contributed by atoms with Crippen LogP contribution in [0.4, 0.5) is 5.69 Å². The number of guanidine groups is 1. The van der Waals surface area contributed by atoms with Gasteiger partial charge >= 0.3 is 0 Å². The van der Waals surface area contributed by atoms with Crippen LogP contribution in [0.1, 0.15) is 29.4 Å². The van der Waals surface area contributed by atoms with Crippen LogP contribution in [0.25, 0.3) is 0 Å². The zero-order valence-corrected chi connectivity index (χ0v) is 17.1. The van der Waals surface area contributed by atoms with Gasteiger partial charge in [0, 0.05) is 30.1 Å². The largest absolute Gasteiger partial charge is 0.492 e. The van der Waals surface area contributed by atoms with E-state index in [9.17, 15) is 4.79 Å². The number of anilines is 1. The van der Waals surface area contributed by atoms with Crippen molar-refractivity contribution >= 4 is 28.9 Å². The number of thiazole rings is 1. The molecule has 3 N–H and O–H groups in total. The third-order valence-electron chi connectivity index (χ3n) is 3.61. The predicted octanol–water partition coefficient (Wildman–Crippen LogP) is 2.85. The van der Waals surface area contributed by atoms with Gasteiger partial charge in [0.1, 0.15) is 17.4 Å². The number of ether oxygens (including phenoxy) is 1. The minimum atomic E-state index is -0.106. The number of amides is 1. The first-order chi connectivity index (χ1) is 13.0. The molecule has 0 aliphatic heterocycles. The molecule has 146 valence electrons. The number of aryl methyl sites for hydroxylation is 2. The number of aliphatic imine (C=N–C) groups is 1. The number of carbonyl (C=O) groups is 1. The lowest BCUT2D eigenvalue weighted by Crippen LogP contribution is -2.39. The van der Waals surface area contributed by atoms with Crippen molar-refractivity contribution in [1.82, 2.24) is 15.6 Å². The number of hydrogen-bond acceptors (Lipinski definition) is 5. The summed E-state index contributed by atoms with van der Waals surface area (Å²) in [6, 6.07) is 7.33. The molecular formula is C19H27N5O2S. The average Bonchev–Trinajstić information content (AvgIpc) is 2.94. The van der Waals surface area contributed by atoms with Gasteiger partial charge < -0.3 is 20.7 Å². The van der Waals surface area contributed by atoms with Gasteiger partial charge in [-0.15, -0.1) is 11.3 Å². The van der Waals surface area contributed by atoms with Crippen molar-refractivity contribution in [2.24, 2.45) is 4.99 Å². The average molecular weight is 390 g/mol. The maximum absolute atomic E-state index is 11.1. The van der Waals surface area contributed by atoms with Gasteiger partial charge in [0.25, 0.3) is 0 Å². The molecule has 1 amide bonds. The molecule has 0 saturated heterocycles. The van der Waals surface area contributed by atoms with Crippen LogP contribution in [0.2, 0.25) is 0 Å². The molecule has 1 aromatic heterocycles. The van der Waals surface area contributed by atoms with E-state index in [1.54, 1.807) is 17.4 Å². The van der Waals surface area contributed by atoms with E-state index in [0.717, 1.165) is 28.9 Å². The lowest BCUT2D eigenvalue weighted by atomic mass is 10.3. The molecular weight excluding hydrogens is 362 g/mol. The van der Waals surface area contributed by atoms with Gasteiger partial charge in [0.05, 0.1) is 18.8 Å². The predicted molar refractivity (Wildman–Crippen MR) is 111 cm³/mol. The zero-order valence-electron chi connectivity index (χ0n) is 16.3. The Hall–Kier alpha value is -2.61. The van der Waals surface area contributed by atoms with Crippen LogP contribution in [0.15, 0.2) is 29.3 Å². The number of hydrogen-bond donors (Lipinski definition) is 3. The summed E-state index contributed by atoms with van der Waals surface area (Å²) in [5.41, 5.74) is 1.79. The molecule has 8 heteroatoms. The van der Waals surface area contributed by atoms with Crippen molar-refractivity contribution in [3.63, 3.8) is 0 Å². The van der Waals surface area contributed by atoms with Crippen LogP contribution in [-0.4, -0.2) is 36.5 Å². The van der Waals surface area contributed by atoms with E-state index in [1.165, 1.54) is 11.8 Å². The molecule has 0 saturated carbocycles. The van der Waals surface area contributed by atoms with Crippen LogP contribution in [-0.2, 0) is 11.3 Å². The molecule has 0 spiro atoms. The van der Waals surface area contributed by atoms with E-state index >= 15 is 0 Å². The Bertz CT molecular complexity index is 769. The molecule has 0 fully saturated rings. The van der Waals surface area contributed by atoms with Gasteiger partial charge in [-0.1, -0.05) is 6.07 Å². The van der Waals surface area contributed by atoms with Crippen LogP contribution in [0, 0.1) is 13.8 Å². The van der Waals surface area contributed by atoms with Gasteiger partial charge in [-0.3, -0.25) is 4.79 Å². The van der Waals surface area contributed by atoms with Gasteiger partial charge in [0.2, 0.25) is 5.91 Å². The maximum atomic E-state index is 11.1. The van der Waals surface area contributed by atoms with Crippen molar-refractivity contribution in [3.05, 3.63) is 39.8 Å². The molecule has 1 heterocycles. The minimum Gasteiger partial charge on any atom is -0.492 e. The third-order valence-corrected chi connectivity index (χ3v) is 4.66. The topological polar surface area (TPSA) is 87.6 Å². The Labute approximate surface area is 164 Å². The summed E-state index contributed by atoms with van der Waals surface area (Å²) in [5.74, 6) is 1.34. The number of benzene rings is 1. The molecule has 0 aliphatic carbocycles. The molecule has 0 aliphatic rings. The molecule has 1 aromatic carbocycles. The molecule has 2 rings (SSSR count). The van der Waals surface area contributed by atoms with Crippen LogP contribution >= 0.6 is 11.3 Å². The van der Waals surface area contributed by atoms with E-state index < -0.39 is 0 Å². The highest BCUT2D eigenvalue weighted by Crippen LogP contribution is 2.17. The number of nitrogens with one attached hydrogen (secondary N) is 3. The minimum absolute atomic E-state index is 0.106. The van der Waals surface area contributed by atoms with E-state index in [2.05, 4.69) is 32.9 Å². The maximum Gasteiger partial charge on any atom is 0.221 e. The van der Waals surface area contributed by atoms with Crippen molar-refractivity contribution in [2.75, 3.05) is 25.0 Å². The molecule has 2 aromatic rings. The second-order valence-electron chi connectivity index (χ2n) is 5.93. The van der Waals surface area contributed by atoms with E-state index in [1.807, 2.05) is 32.0 Å². The van der Waals surface area contributed by atoms with Crippen LogP contribution < -0.4 is 20.7 Å². The third kappa shape index (κ3) is 7.26. The fourth-order valence-electron chi connectivity index (χ4n) is 2.30. The summed E-state index contributed by atoms with van der Waals surface area (Å²) in [5, 5.41) is 10.2. The second-order valence-corrected chi connectivity index (χ2v) is 7.22. The number of nitrogens with zero attached hydrogens (tertiary/aromatic N) is 2. The number of carbonyl (C=O) groups excluding carboxylic acids is 1. The van der Waals surface area contributed by atoms with Gasteiger partial charge in [-0.25, -0.2) is 9.98 Å². The molecule has 0 bridgehead atoms. The summed E-state index contributed by atoms with van der Waals surface area (Å²) < 4.78 is 5.73. The van der Waals surface area contributed by atoms with Crippen molar-refractivity contribution in [2.45, 2.75) is 34.2 Å². The summed E-state index contributed by atoms with van der Waals surface area (Å²) in [7, 11) is 0. The Morgan fingerprint density at radius 2 is 2.11 bits per heavy atom. The summed E-state index contributed by atoms with van der Waals surface area (Å²) >= 11 is 1.68. The van der Waals surface area contributed by atoms with Crippen molar-refractivity contribution < 1.29 is 9.53 Å². The first-order valence-electron chi connectivity index (χ1n) is 8.93. The molecule has 7 nitrogen and oxygen atoms in total. The van der Waals surface area contributed by atoms with Crippen molar-refractivity contribution in [1.29, 1.82) is 0 Å². The van der Waals surface area contributed by atoms with Gasteiger partial charge in [0.15, 0.2) is 5.96 Å². The SMILES string of the molecule is CCNC(=NCc1nc(C)c(C)s1)NCCOc1cccc(NC(C)=O)c1. The van der Waals surface area contributed by atoms with Crippen LogP contribution in [0.5, 0.6) is 5.75 Å². The quantitative estimate of drug-likeness (QED) is 0.367. The van der Waals surface area contributed by atoms with Gasteiger partial charge in [-0.05, 0) is 32.9 Å². The lowest BCUT2D eigenvalue weighted by Gasteiger charge is -2.12. The fraction of sp³-hybridized carbons (Fsp3) is 0.421. The fourth-order valence-corrected chi connectivity index (χ4v) is 3.16. The molecule has 0 atom stereocenters. The monoisotopic (exact) mass is 389 g/mol. The second kappa shape index (κ2) is 10.5. The molecule has 27 heavy (non-hydrogen) atoms. The highest BCUT2D eigenvalue weighted by Gasteiger charge is 2.04. The Morgan fingerprint density at radius 1 is 1.30 bits per heavy atom. The first-order valence-corrected chi connectivity index (χ1v) is 9.75. The standard InChI is InChI=1S/C19H27N5O2S/c1-5-20-19(22-12-18-23-13(2)14(3)27-18)21-9-10-26-17-8-6-7-16(11-17)24-15(4)25/h6-8,11H,5,9-10,12H2,1-4H3,(H,24,25)(H2,20,21,22). The normalized spacial score (nSPS) is 11.2. The molecule has 0 radical (unpaired) electrons. The Kier molecular flexibility index (Phi) is 8.06. The number of aromatic nitrogens is 1.